The van der Waals surface area contributed by atoms with Gasteiger partial charge in [0.25, 0.3) is 5.91 Å². The largest absolute Gasteiger partial charge is 0.298 e. The molecule has 2 heterocycles. The second-order valence-corrected chi connectivity index (χ2v) is 8.78. The van der Waals surface area contributed by atoms with Crippen LogP contribution in [-0.4, -0.2) is 21.8 Å². The Hall–Kier alpha value is -3.12. The number of hydrazone groups is 1. The van der Waals surface area contributed by atoms with Gasteiger partial charge in [-0.1, -0.05) is 92.2 Å². The Morgan fingerprint density at radius 3 is 2.71 bits per heavy atom. The lowest BCUT2D eigenvalue weighted by Crippen LogP contribution is -2.50. The molecular weight excluding hydrogens is 404 g/mol. The molecule has 5 rings (SSSR count). The predicted molar refractivity (Wildman–Crippen MR) is 127 cm³/mol. The fraction of sp³-hybridized carbons (Fsp3) is 0.240. The zero-order valence-corrected chi connectivity index (χ0v) is 18.2. The van der Waals surface area contributed by atoms with Crippen molar-refractivity contribution in [1.82, 2.24) is 10.3 Å². The number of amides is 1. The molecule has 0 saturated heterocycles. The summed E-state index contributed by atoms with van der Waals surface area (Å²) in [7, 11) is 0. The molecular formula is C25H24N4OS. The van der Waals surface area contributed by atoms with Crippen LogP contribution in [0.5, 0.6) is 0 Å². The van der Waals surface area contributed by atoms with Gasteiger partial charge in [-0.3, -0.25) is 15.1 Å². The number of thioether (sulfide) groups is 1. The summed E-state index contributed by atoms with van der Waals surface area (Å²) in [6.07, 6.45) is 3.05. The van der Waals surface area contributed by atoms with Gasteiger partial charge >= 0.3 is 0 Å². The van der Waals surface area contributed by atoms with Gasteiger partial charge in [-0.05, 0) is 23.3 Å². The molecule has 0 spiro atoms. The highest BCUT2D eigenvalue weighted by atomic mass is 32.2. The highest BCUT2D eigenvalue weighted by Gasteiger charge is 2.34. The Bertz CT molecular complexity index is 1290. The van der Waals surface area contributed by atoms with E-state index in [1.165, 1.54) is 12.8 Å². The molecule has 2 aliphatic heterocycles. The van der Waals surface area contributed by atoms with Crippen LogP contribution in [0.3, 0.4) is 0 Å². The minimum Gasteiger partial charge on any atom is -0.298 e. The predicted octanol–water partition coefficient (Wildman–Crippen LogP) is 3.91. The van der Waals surface area contributed by atoms with Crippen molar-refractivity contribution >= 4 is 39.3 Å². The molecule has 0 aromatic heterocycles. The number of unbranched alkanes of at least 4 members (excludes halogenated alkanes) is 2. The van der Waals surface area contributed by atoms with Crippen molar-refractivity contribution in [1.29, 1.82) is 0 Å². The number of nitrogens with one attached hydrogen (secondary N) is 1. The molecule has 0 aliphatic carbocycles. The zero-order chi connectivity index (χ0) is 21.2. The molecule has 1 unspecified atom stereocenters. The van der Waals surface area contributed by atoms with Crippen molar-refractivity contribution in [2.24, 2.45) is 10.1 Å². The van der Waals surface area contributed by atoms with E-state index in [9.17, 15) is 4.79 Å². The first-order valence-electron chi connectivity index (χ1n) is 10.7. The summed E-state index contributed by atoms with van der Waals surface area (Å²) in [5.41, 5.74) is 1.60. The van der Waals surface area contributed by atoms with Crippen LogP contribution in [-0.2, 0) is 4.79 Å². The lowest BCUT2D eigenvalue weighted by molar-refractivity contribution is -0.116. The van der Waals surface area contributed by atoms with E-state index in [1.807, 2.05) is 47.5 Å². The quantitative estimate of drug-likeness (QED) is 0.627. The maximum Gasteiger partial charge on any atom is 0.276 e. The standard InChI is InChI=1S/C25H24N4OS/c1-2-3-8-16-31-25-27-24(30)22-20-13-6-7-15-21(20)26-23(29(22)28-25)19-14-9-11-17-10-4-5-12-18(17)19/h4-7,9-15,23H,2-3,8,16H2,1H3,(H,27,28,30). The Kier molecular flexibility index (Phi) is 5.47. The molecule has 31 heavy (non-hydrogen) atoms. The van der Waals surface area contributed by atoms with E-state index in [1.54, 1.807) is 11.8 Å². The average Bonchev–Trinajstić information content (AvgIpc) is 2.81. The third-order valence-corrected chi connectivity index (χ3v) is 6.55. The van der Waals surface area contributed by atoms with Gasteiger partial charge in [-0.15, -0.1) is 5.10 Å². The van der Waals surface area contributed by atoms with Crippen molar-refractivity contribution in [3.8, 4) is 0 Å². The molecule has 3 aromatic rings. The van der Waals surface area contributed by atoms with Crippen molar-refractivity contribution in [3.05, 3.63) is 82.9 Å². The summed E-state index contributed by atoms with van der Waals surface area (Å²) >= 11 is 1.60. The second-order valence-electron chi connectivity index (χ2n) is 7.70. The van der Waals surface area contributed by atoms with Crippen molar-refractivity contribution < 1.29 is 4.79 Å². The van der Waals surface area contributed by atoms with E-state index < -0.39 is 6.17 Å². The van der Waals surface area contributed by atoms with Gasteiger partial charge in [-0.25, -0.2) is 5.01 Å². The summed E-state index contributed by atoms with van der Waals surface area (Å²) in [5, 5.41) is 14.2. The van der Waals surface area contributed by atoms with Gasteiger partial charge in [-0.2, -0.15) is 0 Å². The smallest absolute Gasteiger partial charge is 0.276 e. The van der Waals surface area contributed by atoms with Crippen LogP contribution < -0.4 is 15.9 Å². The highest BCUT2D eigenvalue weighted by Crippen LogP contribution is 2.34. The molecule has 0 saturated carbocycles. The number of rotatable bonds is 5. The third kappa shape index (κ3) is 3.72. The van der Waals surface area contributed by atoms with Gasteiger partial charge in [0.2, 0.25) is 0 Å². The molecule has 3 aromatic carbocycles. The minimum absolute atomic E-state index is 0.124. The number of benzene rings is 3. The fourth-order valence-electron chi connectivity index (χ4n) is 4.09. The molecule has 0 radical (unpaired) electrons. The summed E-state index contributed by atoms with van der Waals surface area (Å²) in [6.45, 7) is 2.19. The Balaban J connectivity index is 1.65. The Morgan fingerprint density at radius 1 is 1.00 bits per heavy atom. The number of amidine groups is 1. The molecule has 1 N–H and O–H groups in total. The van der Waals surface area contributed by atoms with E-state index >= 15 is 0 Å². The Labute approximate surface area is 185 Å². The third-order valence-electron chi connectivity index (χ3n) is 5.60. The summed E-state index contributed by atoms with van der Waals surface area (Å²) < 4.78 is 0. The second kappa shape index (κ2) is 8.55. The minimum atomic E-state index is -0.395. The maximum absolute atomic E-state index is 13.2. The van der Waals surface area contributed by atoms with Gasteiger partial charge < -0.3 is 0 Å². The molecule has 5 nitrogen and oxygen atoms in total. The number of carbonyl (C=O) groups is 1. The number of para-hydroxylation sites is 1. The lowest BCUT2D eigenvalue weighted by Gasteiger charge is -2.34. The van der Waals surface area contributed by atoms with E-state index in [4.69, 9.17) is 10.1 Å². The van der Waals surface area contributed by atoms with Gasteiger partial charge in [0.1, 0.15) is 5.70 Å². The van der Waals surface area contributed by atoms with Crippen molar-refractivity contribution in [2.45, 2.75) is 32.4 Å². The molecule has 1 atom stereocenters. The first-order valence-corrected chi connectivity index (χ1v) is 11.7. The number of hydrogen-bond donors (Lipinski definition) is 1. The summed E-state index contributed by atoms with van der Waals surface area (Å²) in [4.78, 5) is 18.2. The number of fused-ring (bicyclic) bond motifs is 3. The number of nitrogens with zero attached hydrogens (tertiary/aromatic N) is 3. The molecule has 1 amide bonds. The van der Waals surface area contributed by atoms with Crippen LogP contribution in [0.4, 0.5) is 0 Å². The molecule has 6 heteroatoms. The van der Waals surface area contributed by atoms with Gasteiger partial charge in [0.05, 0.1) is 5.36 Å². The monoisotopic (exact) mass is 428 g/mol. The molecule has 156 valence electrons. The van der Waals surface area contributed by atoms with E-state index in [2.05, 4.69) is 36.5 Å². The van der Waals surface area contributed by atoms with Crippen LogP contribution in [0.2, 0.25) is 0 Å². The normalized spacial score (nSPS) is 17.5. The van der Waals surface area contributed by atoms with Gasteiger partial charge in [0.15, 0.2) is 11.3 Å². The van der Waals surface area contributed by atoms with E-state index in [0.29, 0.717) is 10.9 Å². The van der Waals surface area contributed by atoms with Gasteiger partial charge in [0, 0.05) is 16.5 Å². The van der Waals surface area contributed by atoms with Crippen LogP contribution in [0, 0.1) is 0 Å². The SMILES string of the molecule is CCCCCSC1=NN2C(=c3ccccc3=NC2c2cccc3ccccc23)C(=O)N1. The molecule has 0 fully saturated rings. The number of hydrogen-bond acceptors (Lipinski definition) is 5. The average molecular weight is 429 g/mol. The molecule has 2 aliphatic rings. The Morgan fingerprint density at radius 2 is 1.81 bits per heavy atom. The van der Waals surface area contributed by atoms with E-state index in [-0.39, 0.29) is 5.91 Å². The molecule has 0 bridgehead atoms. The summed E-state index contributed by atoms with van der Waals surface area (Å²) in [6, 6.07) is 22.3. The fourth-order valence-corrected chi connectivity index (χ4v) is 4.94. The van der Waals surface area contributed by atoms with Crippen molar-refractivity contribution in [2.75, 3.05) is 5.75 Å². The lowest BCUT2D eigenvalue weighted by atomic mass is 10.0. The van der Waals surface area contributed by atoms with Crippen molar-refractivity contribution in [3.63, 3.8) is 0 Å². The maximum atomic E-state index is 13.2. The zero-order valence-electron chi connectivity index (χ0n) is 17.4. The van der Waals surface area contributed by atoms with Crippen LogP contribution in [0.15, 0.2) is 76.8 Å². The van der Waals surface area contributed by atoms with Crippen LogP contribution in [0.25, 0.3) is 16.5 Å². The summed E-state index contributed by atoms with van der Waals surface area (Å²) in [5.74, 6) is 0.809. The topological polar surface area (TPSA) is 57.1 Å². The first kappa shape index (κ1) is 19.8. The van der Waals surface area contributed by atoms with E-state index in [0.717, 1.165) is 39.1 Å². The highest BCUT2D eigenvalue weighted by molar-refractivity contribution is 8.13. The number of carbonyl (C=O) groups excluding carboxylic acids is 1. The van der Waals surface area contributed by atoms with Crippen LogP contribution in [0.1, 0.15) is 37.9 Å². The van der Waals surface area contributed by atoms with Crippen LogP contribution >= 0.6 is 11.8 Å². The first-order chi connectivity index (χ1) is 15.3.